The van der Waals surface area contributed by atoms with Gasteiger partial charge in [0.1, 0.15) is 5.75 Å². The Bertz CT molecular complexity index is 665. The third-order valence-electron chi connectivity index (χ3n) is 2.32. The molecule has 0 spiro atoms. The predicted octanol–water partition coefficient (Wildman–Crippen LogP) is 4.64. The van der Waals surface area contributed by atoms with Crippen molar-refractivity contribution in [1.29, 1.82) is 0 Å². The van der Waals surface area contributed by atoms with E-state index in [-0.39, 0.29) is 22.6 Å². The Labute approximate surface area is 127 Å². The highest BCUT2D eigenvalue weighted by molar-refractivity contribution is 6.34. The minimum atomic E-state index is -4.62. The van der Waals surface area contributed by atoms with Gasteiger partial charge in [-0.3, -0.25) is 0 Å². The number of aromatic nitrogens is 2. The van der Waals surface area contributed by atoms with Crippen LogP contribution in [0.4, 0.5) is 19.1 Å². The van der Waals surface area contributed by atoms with Crippen LogP contribution in [0.5, 0.6) is 11.6 Å². The van der Waals surface area contributed by atoms with E-state index < -0.39 is 11.9 Å². The third-order valence-corrected chi connectivity index (χ3v) is 2.87. The second-order valence-corrected chi connectivity index (χ2v) is 4.68. The maximum absolute atomic E-state index is 12.7. The average Bonchev–Trinajstić information content (AvgIpc) is 2.41. The first-order valence-electron chi connectivity index (χ1n) is 5.56. The molecule has 0 fully saturated rings. The third kappa shape index (κ3) is 3.89. The molecule has 0 amide bonds. The summed E-state index contributed by atoms with van der Waals surface area (Å²) in [6, 6.07) is 5.04. The van der Waals surface area contributed by atoms with Crippen molar-refractivity contribution in [2.24, 2.45) is 0 Å². The van der Waals surface area contributed by atoms with E-state index in [1.54, 1.807) is 0 Å². The summed E-state index contributed by atoms with van der Waals surface area (Å²) in [6.07, 6.45) is -4.62. The van der Waals surface area contributed by atoms with Crippen LogP contribution in [0, 0.1) is 0 Å². The van der Waals surface area contributed by atoms with E-state index in [9.17, 15) is 13.2 Å². The van der Waals surface area contributed by atoms with Gasteiger partial charge >= 0.3 is 6.18 Å². The summed E-state index contributed by atoms with van der Waals surface area (Å²) in [4.78, 5) is 7.10. The summed E-state index contributed by atoms with van der Waals surface area (Å²) >= 11 is 11.7. The van der Waals surface area contributed by atoms with Crippen LogP contribution >= 0.6 is 23.2 Å². The quantitative estimate of drug-likeness (QED) is 0.886. The van der Waals surface area contributed by atoms with Crippen molar-refractivity contribution in [3.8, 4) is 11.6 Å². The van der Waals surface area contributed by atoms with Gasteiger partial charge in [0.05, 0.1) is 5.02 Å². The molecule has 1 aromatic carbocycles. The van der Waals surface area contributed by atoms with Crippen molar-refractivity contribution in [3.63, 3.8) is 0 Å². The lowest BCUT2D eigenvalue weighted by Crippen LogP contribution is -2.11. The number of hydrogen-bond donors (Lipinski definition) is 1. The normalized spacial score (nSPS) is 11.3. The number of nitrogens with zero attached hydrogens (tertiary/aromatic N) is 2. The van der Waals surface area contributed by atoms with Crippen molar-refractivity contribution in [1.82, 2.24) is 9.97 Å². The van der Waals surface area contributed by atoms with Gasteiger partial charge in [-0.25, -0.2) is 4.98 Å². The highest BCUT2D eigenvalue weighted by Gasteiger charge is 2.34. The predicted molar refractivity (Wildman–Crippen MR) is 73.1 cm³/mol. The molecular formula is C12H8Cl2F3N3O. The topological polar surface area (TPSA) is 47.0 Å². The Balaban J connectivity index is 2.42. The van der Waals surface area contributed by atoms with Gasteiger partial charge in [0, 0.05) is 24.2 Å². The molecule has 4 nitrogen and oxygen atoms in total. The smallest absolute Gasteiger partial charge is 0.433 e. The number of nitrogens with one attached hydrogen (secondary N) is 1. The summed E-state index contributed by atoms with van der Waals surface area (Å²) in [5, 5.41) is 2.95. The zero-order chi connectivity index (χ0) is 15.6. The van der Waals surface area contributed by atoms with Crippen LogP contribution in [0.25, 0.3) is 0 Å². The lowest BCUT2D eigenvalue weighted by Gasteiger charge is -2.11. The van der Waals surface area contributed by atoms with Gasteiger partial charge in [-0.1, -0.05) is 23.2 Å². The summed E-state index contributed by atoms with van der Waals surface area (Å²) in [5.41, 5.74) is -1.13. The zero-order valence-corrected chi connectivity index (χ0v) is 12.0. The maximum Gasteiger partial charge on any atom is 0.433 e. The van der Waals surface area contributed by atoms with Crippen LogP contribution in [-0.2, 0) is 6.18 Å². The van der Waals surface area contributed by atoms with Crippen molar-refractivity contribution >= 4 is 29.2 Å². The average molecular weight is 338 g/mol. The molecule has 0 radical (unpaired) electrons. The molecule has 0 saturated carbocycles. The van der Waals surface area contributed by atoms with Crippen LogP contribution in [-0.4, -0.2) is 17.0 Å². The number of benzene rings is 1. The second-order valence-electron chi connectivity index (χ2n) is 3.84. The van der Waals surface area contributed by atoms with Crippen LogP contribution in [0.1, 0.15) is 5.69 Å². The number of halogens is 5. The molecule has 1 aromatic heterocycles. The number of anilines is 1. The van der Waals surface area contributed by atoms with E-state index in [4.69, 9.17) is 27.9 Å². The fourth-order valence-corrected chi connectivity index (χ4v) is 1.72. The Morgan fingerprint density at radius 3 is 2.48 bits per heavy atom. The van der Waals surface area contributed by atoms with Gasteiger partial charge in [-0.05, 0) is 12.1 Å². The van der Waals surface area contributed by atoms with Crippen LogP contribution in [0.3, 0.4) is 0 Å². The van der Waals surface area contributed by atoms with Gasteiger partial charge in [0.15, 0.2) is 5.69 Å². The number of alkyl halides is 3. The van der Waals surface area contributed by atoms with Gasteiger partial charge in [0.2, 0.25) is 11.8 Å². The highest BCUT2D eigenvalue weighted by Crippen LogP contribution is 2.34. The largest absolute Gasteiger partial charge is 0.437 e. The zero-order valence-electron chi connectivity index (χ0n) is 10.5. The summed E-state index contributed by atoms with van der Waals surface area (Å²) in [7, 11) is 1.39. The van der Waals surface area contributed by atoms with Crippen molar-refractivity contribution in [2.75, 3.05) is 12.4 Å². The number of ether oxygens (including phenoxy) is 1. The molecule has 0 bridgehead atoms. The lowest BCUT2D eigenvalue weighted by molar-refractivity contribution is -0.141. The monoisotopic (exact) mass is 337 g/mol. The molecule has 0 atom stereocenters. The fraction of sp³-hybridized carbons (Fsp3) is 0.167. The molecule has 0 aliphatic rings. The van der Waals surface area contributed by atoms with E-state index >= 15 is 0 Å². The molecule has 0 aliphatic heterocycles. The lowest BCUT2D eigenvalue weighted by atomic mass is 10.3. The van der Waals surface area contributed by atoms with E-state index in [1.807, 2.05) is 0 Å². The first-order chi connectivity index (χ1) is 9.79. The number of hydrogen-bond acceptors (Lipinski definition) is 4. The molecule has 1 N–H and O–H groups in total. The Morgan fingerprint density at radius 1 is 1.14 bits per heavy atom. The van der Waals surface area contributed by atoms with Crippen molar-refractivity contribution < 1.29 is 17.9 Å². The molecule has 2 rings (SSSR count). The molecule has 112 valence electrons. The highest BCUT2D eigenvalue weighted by atomic mass is 35.5. The number of rotatable bonds is 3. The SMILES string of the molecule is CNc1nc(Oc2cc(Cl)ccc2Cl)cc(C(F)(F)F)n1. The fourth-order valence-electron chi connectivity index (χ4n) is 1.40. The first-order valence-corrected chi connectivity index (χ1v) is 6.32. The Morgan fingerprint density at radius 2 is 1.86 bits per heavy atom. The molecule has 1 heterocycles. The summed E-state index contributed by atoms with van der Waals surface area (Å²) in [5.74, 6) is -0.429. The molecule has 9 heteroatoms. The van der Waals surface area contributed by atoms with Crippen LogP contribution < -0.4 is 10.1 Å². The van der Waals surface area contributed by atoms with Gasteiger partial charge < -0.3 is 10.1 Å². The van der Waals surface area contributed by atoms with Crippen LogP contribution in [0.2, 0.25) is 10.0 Å². The first kappa shape index (κ1) is 15.7. The molecule has 0 saturated heterocycles. The Kier molecular flexibility index (Phi) is 4.43. The van der Waals surface area contributed by atoms with Crippen molar-refractivity contribution in [3.05, 3.63) is 40.0 Å². The van der Waals surface area contributed by atoms with Crippen molar-refractivity contribution in [2.45, 2.75) is 6.18 Å². The minimum Gasteiger partial charge on any atom is -0.437 e. The standard InChI is InChI=1S/C12H8Cl2F3N3O/c1-18-11-19-9(12(15,16)17)5-10(20-11)21-8-4-6(13)2-3-7(8)14/h2-5H,1H3,(H,18,19,20). The molecular weight excluding hydrogens is 330 g/mol. The summed E-state index contributed by atoms with van der Waals surface area (Å²) in [6.45, 7) is 0. The van der Waals surface area contributed by atoms with E-state index in [2.05, 4.69) is 15.3 Å². The molecule has 2 aromatic rings. The van der Waals surface area contributed by atoms with Crippen LogP contribution in [0.15, 0.2) is 24.3 Å². The van der Waals surface area contributed by atoms with Gasteiger partial charge in [0.25, 0.3) is 0 Å². The Hall–Kier alpha value is -1.73. The van der Waals surface area contributed by atoms with Gasteiger partial charge in [-0.2, -0.15) is 18.2 Å². The maximum atomic E-state index is 12.7. The summed E-state index contributed by atoms with van der Waals surface area (Å²) < 4.78 is 43.5. The molecule has 21 heavy (non-hydrogen) atoms. The molecule has 0 aliphatic carbocycles. The van der Waals surface area contributed by atoms with Gasteiger partial charge in [-0.15, -0.1) is 0 Å². The van der Waals surface area contributed by atoms with E-state index in [0.29, 0.717) is 11.1 Å². The second kappa shape index (κ2) is 5.95. The van der Waals surface area contributed by atoms with E-state index in [1.165, 1.54) is 25.2 Å². The van der Waals surface area contributed by atoms with E-state index in [0.717, 1.165) is 0 Å². The minimum absolute atomic E-state index is 0.0954. The molecule has 0 unspecified atom stereocenters.